The fraction of sp³-hybridized carbons (Fsp3) is 0.182. The molecule has 8 heteroatoms. The van der Waals surface area contributed by atoms with Crippen molar-refractivity contribution in [2.24, 2.45) is 5.10 Å². The SMILES string of the molecule is O=c1c2cnn(-c3ccccc3)c2ncn1N=Cc1ccc(N2CCOCC2)cc1. The molecule has 4 aromatic rings. The summed E-state index contributed by atoms with van der Waals surface area (Å²) in [5.41, 5.74) is 3.15. The van der Waals surface area contributed by atoms with Gasteiger partial charge in [-0.25, -0.2) is 9.67 Å². The van der Waals surface area contributed by atoms with Crippen molar-refractivity contribution in [2.45, 2.75) is 0 Å². The van der Waals surface area contributed by atoms with E-state index in [1.54, 1.807) is 10.9 Å². The van der Waals surface area contributed by atoms with E-state index in [1.165, 1.54) is 17.2 Å². The standard InChI is InChI=1S/C22H20N6O2/c29-22-20-15-25-28(19-4-2-1-3-5-19)21(20)23-16-27(22)24-14-17-6-8-18(9-7-17)26-10-12-30-13-11-26/h1-9,14-16H,10-13H2. The highest BCUT2D eigenvalue weighted by Crippen LogP contribution is 2.16. The first-order valence-electron chi connectivity index (χ1n) is 9.77. The first-order valence-corrected chi connectivity index (χ1v) is 9.77. The van der Waals surface area contributed by atoms with E-state index in [1.807, 2.05) is 42.5 Å². The fourth-order valence-electron chi connectivity index (χ4n) is 3.46. The summed E-state index contributed by atoms with van der Waals surface area (Å²) < 4.78 is 8.27. The minimum atomic E-state index is -0.261. The minimum absolute atomic E-state index is 0.261. The number of fused-ring (bicyclic) bond motifs is 1. The Morgan fingerprint density at radius 1 is 0.967 bits per heavy atom. The molecule has 0 saturated carbocycles. The van der Waals surface area contributed by atoms with Crippen LogP contribution in [0.4, 0.5) is 5.69 Å². The van der Waals surface area contributed by atoms with E-state index in [-0.39, 0.29) is 5.56 Å². The van der Waals surface area contributed by atoms with Gasteiger partial charge >= 0.3 is 0 Å². The Bertz CT molecular complexity index is 1240. The minimum Gasteiger partial charge on any atom is -0.378 e. The average molecular weight is 400 g/mol. The Hall–Kier alpha value is -3.78. The molecule has 0 N–H and O–H groups in total. The van der Waals surface area contributed by atoms with Crippen LogP contribution in [-0.2, 0) is 4.74 Å². The molecule has 0 bridgehead atoms. The van der Waals surface area contributed by atoms with Crippen LogP contribution >= 0.6 is 0 Å². The summed E-state index contributed by atoms with van der Waals surface area (Å²) in [6, 6.07) is 17.7. The largest absolute Gasteiger partial charge is 0.378 e. The van der Waals surface area contributed by atoms with Gasteiger partial charge in [-0.2, -0.15) is 14.9 Å². The van der Waals surface area contributed by atoms with E-state index in [2.05, 4.69) is 32.2 Å². The number of ether oxygens (including phenoxy) is 1. The number of hydrogen-bond donors (Lipinski definition) is 0. The highest BCUT2D eigenvalue weighted by molar-refractivity contribution is 5.80. The lowest BCUT2D eigenvalue weighted by Crippen LogP contribution is -2.36. The normalized spacial score (nSPS) is 14.6. The second-order valence-electron chi connectivity index (χ2n) is 6.96. The van der Waals surface area contributed by atoms with Crippen molar-refractivity contribution < 1.29 is 4.74 Å². The van der Waals surface area contributed by atoms with Crippen LogP contribution in [0.15, 0.2) is 77.0 Å². The molecule has 3 heterocycles. The van der Waals surface area contributed by atoms with E-state index in [0.717, 1.165) is 43.2 Å². The van der Waals surface area contributed by atoms with Gasteiger partial charge in [0.2, 0.25) is 0 Å². The molecule has 8 nitrogen and oxygen atoms in total. The summed E-state index contributed by atoms with van der Waals surface area (Å²) in [6.45, 7) is 3.29. The number of aromatic nitrogens is 4. The molecule has 0 spiro atoms. The summed E-state index contributed by atoms with van der Waals surface area (Å²) in [5.74, 6) is 0. The Morgan fingerprint density at radius 2 is 1.73 bits per heavy atom. The maximum Gasteiger partial charge on any atom is 0.285 e. The maximum absolute atomic E-state index is 12.8. The van der Waals surface area contributed by atoms with Crippen molar-refractivity contribution in [2.75, 3.05) is 31.2 Å². The van der Waals surface area contributed by atoms with Gasteiger partial charge in [-0.15, -0.1) is 0 Å². The Kier molecular flexibility index (Phi) is 4.82. The van der Waals surface area contributed by atoms with Crippen LogP contribution in [0.3, 0.4) is 0 Å². The molecule has 2 aromatic carbocycles. The maximum atomic E-state index is 12.8. The Morgan fingerprint density at radius 3 is 2.50 bits per heavy atom. The van der Waals surface area contributed by atoms with E-state index in [4.69, 9.17) is 4.74 Å². The average Bonchev–Trinajstić information content (AvgIpc) is 3.25. The number of nitrogens with zero attached hydrogens (tertiary/aromatic N) is 6. The molecule has 0 unspecified atom stereocenters. The van der Waals surface area contributed by atoms with E-state index < -0.39 is 0 Å². The quantitative estimate of drug-likeness (QED) is 0.491. The topological polar surface area (TPSA) is 77.5 Å². The second-order valence-corrected chi connectivity index (χ2v) is 6.96. The number of rotatable bonds is 4. The lowest BCUT2D eigenvalue weighted by molar-refractivity contribution is 0.122. The van der Waals surface area contributed by atoms with Gasteiger partial charge in [0, 0.05) is 18.8 Å². The first-order chi connectivity index (χ1) is 14.8. The molecule has 0 amide bonds. The molecule has 150 valence electrons. The number of hydrogen-bond acceptors (Lipinski definition) is 6. The molecule has 2 aromatic heterocycles. The molecule has 0 radical (unpaired) electrons. The third-order valence-corrected chi connectivity index (χ3v) is 5.07. The zero-order valence-electron chi connectivity index (χ0n) is 16.3. The summed E-state index contributed by atoms with van der Waals surface area (Å²) >= 11 is 0. The lowest BCUT2D eigenvalue weighted by Gasteiger charge is -2.28. The van der Waals surface area contributed by atoms with Gasteiger partial charge in [0.15, 0.2) is 5.65 Å². The monoisotopic (exact) mass is 400 g/mol. The number of morpholine rings is 1. The van der Waals surface area contributed by atoms with E-state index >= 15 is 0 Å². The zero-order chi connectivity index (χ0) is 20.3. The van der Waals surface area contributed by atoms with Crippen molar-refractivity contribution in [1.82, 2.24) is 19.4 Å². The number of anilines is 1. The number of benzene rings is 2. The molecule has 1 aliphatic heterocycles. The van der Waals surface area contributed by atoms with Crippen molar-refractivity contribution >= 4 is 22.9 Å². The predicted molar refractivity (Wildman–Crippen MR) is 116 cm³/mol. The van der Waals surface area contributed by atoms with Crippen LogP contribution in [0.2, 0.25) is 0 Å². The predicted octanol–water partition coefficient (Wildman–Crippen LogP) is 2.30. The smallest absolute Gasteiger partial charge is 0.285 e. The van der Waals surface area contributed by atoms with Gasteiger partial charge in [-0.3, -0.25) is 4.79 Å². The molecular formula is C22H20N6O2. The van der Waals surface area contributed by atoms with Gasteiger partial charge in [0.1, 0.15) is 11.7 Å². The summed E-state index contributed by atoms with van der Waals surface area (Å²) in [7, 11) is 0. The molecule has 5 rings (SSSR count). The molecule has 0 aliphatic carbocycles. The summed E-state index contributed by atoms with van der Waals surface area (Å²) in [4.78, 5) is 19.5. The molecule has 1 fully saturated rings. The van der Waals surface area contributed by atoms with Gasteiger partial charge in [0.25, 0.3) is 5.56 Å². The highest BCUT2D eigenvalue weighted by atomic mass is 16.5. The lowest BCUT2D eigenvalue weighted by atomic mass is 10.2. The van der Waals surface area contributed by atoms with Gasteiger partial charge < -0.3 is 9.64 Å². The van der Waals surface area contributed by atoms with Gasteiger partial charge in [0.05, 0.1) is 31.3 Å². The molecule has 0 atom stereocenters. The van der Waals surface area contributed by atoms with Crippen molar-refractivity contribution in [1.29, 1.82) is 0 Å². The van der Waals surface area contributed by atoms with Gasteiger partial charge in [-0.05, 0) is 29.8 Å². The Labute approximate surface area is 172 Å². The van der Waals surface area contributed by atoms with Crippen LogP contribution < -0.4 is 10.5 Å². The fourth-order valence-corrected chi connectivity index (χ4v) is 3.46. The third kappa shape index (κ3) is 3.48. The van der Waals surface area contributed by atoms with Crippen LogP contribution in [0.25, 0.3) is 16.7 Å². The Balaban J connectivity index is 1.39. The third-order valence-electron chi connectivity index (χ3n) is 5.07. The molecule has 1 saturated heterocycles. The van der Waals surface area contributed by atoms with E-state index in [9.17, 15) is 4.79 Å². The summed E-state index contributed by atoms with van der Waals surface area (Å²) in [5, 5.41) is 9.03. The van der Waals surface area contributed by atoms with E-state index in [0.29, 0.717) is 11.0 Å². The van der Waals surface area contributed by atoms with Gasteiger partial charge in [-0.1, -0.05) is 30.3 Å². The number of para-hydroxylation sites is 1. The first kappa shape index (κ1) is 18.3. The van der Waals surface area contributed by atoms with Crippen LogP contribution in [0.5, 0.6) is 0 Å². The zero-order valence-corrected chi connectivity index (χ0v) is 16.3. The molecule has 30 heavy (non-hydrogen) atoms. The summed E-state index contributed by atoms with van der Waals surface area (Å²) in [6.07, 6.45) is 4.60. The van der Waals surface area contributed by atoms with Crippen LogP contribution in [0.1, 0.15) is 5.56 Å². The molecule has 1 aliphatic rings. The second kappa shape index (κ2) is 7.92. The molecular weight excluding hydrogens is 380 g/mol. The van der Waals surface area contributed by atoms with Crippen LogP contribution in [0, 0.1) is 0 Å². The van der Waals surface area contributed by atoms with Crippen LogP contribution in [-0.4, -0.2) is 52.0 Å². The van der Waals surface area contributed by atoms with Crippen molar-refractivity contribution in [3.8, 4) is 5.69 Å². The van der Waals surface area contributed by atoms with Crippen molar-refractivity contribution in [3.63, 3.8) is 0 Å². The van der Waals surface area contributed by atoms with Crippen molar-refractivity contribution in [3.05, 3.63) is 83.0 Å². The highest BCUT2D eigenvalue weighted by Gasteiger charge is 2.12.